The molecule has 3 aromatic rings. The third-order valence-electron chi connectivity index (χ3n) is 5.09. The molecule has 1 atom stereocenters. The van der Waals surface area contributed by atoms with Crippen LogP contribution in [-0.4, -0.2) is 59.0 Å². The molecule has 0 unspecified atom stereocenters. The summed E-state index contributed by atoms with van der Waals surface area (Å²) in [5.41, 5.74) is 6.34. The number of hydrogen-bond acceptors (Lipinski definition) is 9. The van der Waals surface area contributed by atoms with Crippen molar-refractivity contribution in [1.82, 2.24) is 25.6 Å². The number of amides is 2. The van der Waals surface area contributed by atoms with E-state index < -0.39 is 35.4 Å². The molecule has 35 heavy (non-hydrogen) atoms. The number of nitrogen functional groups attached to an aromatic ring is 1. The van der Waals surface area contributed by atoms with Gasteiger partial charge >= 0.3 is 11.9 Å². The standard InChI is InChI=1S/C22H24N6O7/c1-34-16(29)8-7-14(21(33)35-2)26-18(30)12-5-3-11(4-6-12)10-24-20(32)15-9-13-17(25-15)27-22(23)28-19(13)31/h3-6,9,14H,7-8,10H2,1-2H3,(H,24,32)(H,26,30)(H4,23,25,27,28,31)/t14-/m0/s1. The maximum absolute atomic E-state index is 12.5. The van der Waals surface area contributed by atoms with Crippen LogP contribution in [0.5, 0.6) is 0 Å². The van der Waals surface area contributed by atoms with Crippen LogP contribution < -0.4 is 21.9 Å². The van der Waals surface area contributed by atoms with Gasteiger partial charge in [0.2, 0.25) is 5.95 Å². The lowest BCUT2D eigenvalue weighted by Gasteiger charge is -2.16. The Morgan fingerprint density at radius 3 is 2.43 bits per heavy atom. The summed E-state index contributed by atoms with van der Waals surface area (Å²) in [6.07, 6.45) is -0.0413. The molecular weight excluding hydrogens is 460 g/mol. The summed E-state index contributed by atoms with van der Waals surface area (Å²) in [5, 5.41) is 5.44. The third-order valence-corrected chi connectivity index (χ3v) is 5.09. The second-order valence-corrected chi connectivity index (χ2v) is 7.44. The molecule has 13 nitrogen and oxygen atoms in total. The monoisotopic (exact) mass is 484 g/mol. The molecule has 1 aromatic carbocycles. The minimum atomic E-state index is -1.01. The topological polar surface area (TPSA) is 198 Å². The maximum Gasteiger partial charge on any atom is 0.328 e. The van der Waals surface area contributed by atoms with Gasteiger partial charge in [0, 0.05) is 18.5 Å². The Hall–Kier alpha value is -4.68. The number of ether oxygens (including phenoxy) is 2. The van der Waals surface area contributed by atoms with Crippen LogP contribution in [-0.2, 0) is 25.6 Å². The first-order chi connectivity index (χ1) is 16.7. The summed E-state index contributed by atoms with van der Waals surface area (Å²) in [6.45, 7) is 0.145. The Morgan fingerprint density at radius 2 is 1.77 bits per heavy atom. The number of hydrogen-bond donors (Lipinski definition) is 5. The third kappa shape index (κ3) is 6.22. The van der Waals surface area contributed by atoms with Crippen molar-refractivity contribution in [3.63, 3.8) is 0 Å². The lowest BCUT2D eigenvalue weighted by molar-refractivity contribution is -0.144. The molecule has 2 amide bonds. The maximum atomic E-state index is 12.5. The number of nitrogens with one attached hydrogen (secondary N) is 4. The van der Waals surface area contributed by atoms with Gasteiger partial charge in [-0.25, -0.2) is 4.79 Å². The quantitative estimate of drug-likeness (QED) is 0.259. The van der Waals surface area contributed by atoms with Crippen LogP contribution in [0, 0.1) is 0 Å². The summed E-state index contributed by atoms with van der Waals surface area (Å²) in [6, 6.07) is 6.69. The first-order valence-electron chi connectivity index (χ1n) is 10.4. The van der Waals surface area contributed by atoms with Gasteiger partial charge in [-0.05, 0) is 30.2 Å². The number of aromatic nitrogens is 3. The SMILES string of the molecule is COC(=O)CC[C@H](NC(=O)c1ccc(CNC(=O)c2cc3c(=O)[nH]c(N)nc3[nH]2)cc1)C(=O)OC. The number of H-pyrrole nitrogens is 2. The van der Waals surface area contributed by atoms with Crippen LogP contribution in [0.4, 0.5) is 5.95 Å². The van der Waals surface area contributed by atoms with Gasteiger partial charge < -0.3 is 30.8 Å². The van der Waals surface area contributed by atoms with Crippen LogP contribution in [0.2, 0.25) is 0 Å². The van der Waals surface area contributed by atoms with Crippen molar-refractivity contribution in [2.24, 2.45) is 0 Å². The molecule has 2 aromatic heterocycles. The van der Waals surface area contributed by atoms with Crippen LogP contribution >= 0.6 is 0 Å². The van der Waals surface area contributed by atoms with E-state index in [1.54, 1.807) is 12.1 Å². The number of nitrogens with two attached hydrogens (primary N) is 1. The average Bonchev–Trinajstić information content (AvgIpc) is 3.29. The highest BCUT2D eigenvalue weighted by molar-refractivity contribution is 5.98. The van der Waals surface area contributed by atoms with Gasteiger partial charge in [0.25, 0.3) is 17.4 Å². The van der Waals surface area contributed by atoms with Gasteiger partial charge in [0.15, 0.2) is 0 Å². The number of fused-ring (bicyclic) bond motifs is 1. The van der Waals surface area contributed by atoms with Crippen molar-refractivity contribution >= 4 is 40.7 Å². The minimum Gasteiger partial charge on any atom is -0.469 e. The predicted molar refractivity (Wildman–Crippen MR) is 123 cm³/mol. The Morgan fingerprint density at radius 1 is 1.06 bits per heavy atom. The van der Waals surface area contributed by atoms with E-state index >= 15 is 0 Å². The van der Waals surface area contributed by atoms with Crippen LogP contribution in [0.15, 0.2) is 35.1 Å². The zero-order valence-corrected chi connectivity index (χ0v) is 19.0. The lowest BCUT2D eigenvalue weighted by atomic mass is 10.1. The van der Waals surface area contributed by atoms with E-state index in [-0.39, 0.29) is 47.6 Å². The summed E-state index contributed by atoms with van der Waals surface area (Å²) in [7, 11) is 2.41. The molecule has 6 N–H and O–H groups in total. The molecule has 3 rings (SSSR count). The van der Waals surface area contributed by atoms with Crippen LogP contribution in [0.3, 0.4) is 0 Å². The van der Waals surface area contributed by atoms with Crippen molar-refractivity contribution in [1.29, 1.82) is 0 Å². The van der Waals surface area contributed by atoms with Crippen molar-refractivity contribution in [2.45, 2.75) is 25.4 Å². The van der Waals surface area contributed by atoms with E-state index in [1.165, 1.54) is 32.4 Å². The number of rotatable bonds is 9. The molecule has 0 saturated carbocycles. The van der Waals surface area contributed by atoms with E-state index in [9.17, 15) is 24.0 Å². The van der Waals surface area contributed by atoms with Crippen LogP contribution in [0.1, 0.15) is 39.3 Å². The molecule has 184 valence electrons. The molecule has 0 aliphatic rings. The summed E-state index contributed by atoms with van der Waals surface area (Å²) in [4.78, 5) is 69.2. The van der Waals surface area contributed by atoms with E-state index in [4.69, 9.17) is 5.73 Å². The summed E-state index contributed by atoms with van der Waals surface area (Å²) >= 11 is 0. The fourth-order valence-electron chi connectivity index (χ4n) is 3.21. The van der Waals surface area contributed by atoms with Crippen molar-refractivity contribution < 1.29 is 28.7 Å². The molecule has 0 bridgehead atoms. The number of carbonyl (C=O) groups excluding carboxylic acids is 4. The molecule has 0 fully saturated rings. The van der Waals surface area contributed by atoms with Gasteiger partial charge in [-0.3, -0.25) is 24.2 Å². The smallest absolute Gasteiger partial charge is 0.328 e. The Bertz CT molecular complexity index is 1310. The summed E-state index contributed by atoms with van der Waals surface area (Å²) in [5.74, 6) is -2.26. The van der Waals surface area contributed by atoms with Gasteiger partial charge in [-0.15, -0.1) is 0 Å². The van der Waals surface area contributed by atoms with Crippen LogP contribution in [0.25, 0.3) is 11.0 Å². The molecule has 2 heterocycles. The Kier molecular flexibility index (Phi) is 7.81. The number of methoxy groups -OCH3 is 2. The lowest BCUT2D eigenvalue weighted by Crippen LogP contribution is -2.41. The molecule has 0 aliphatic heterocycles. The number of carbonyl (C=O) groups is 4. The van der Waals surface area contributed by atoms with Crippen molar-refractivity contribution in [2.75, 3.05) is 20.0 Å². The van der Waals surface area contributed by atoms with Crippen molar-refractivity contribution in [3.8, 4) is 0 Å². The average molecular weight is 484 g/mol. The zero-order valence-electron chi connectivity index (χ0n) is 19.0. The van der Waals surface area contributed by atoms with E-state index in [2.05, 4.69) is 35.1 Å². The minimum absolute atomic E-state index is 0.0247. The highest BCUT2D eigenvalue weighted by atomic mass is 16.5. The number of esters is 2. The first kappa shape index (κ1) is 25.0. The molecule has 0 radical (unpaired) electrons. The Labute approximate surface area is 198 Å². The number of aromatic amines is 2. The van der Waals surface area contributed by atoms with E-state index in [1.807, 2.05) is 0 Å². The highest BCUT2D eigenvalue weighted by Crippen LogP contribution is 2.11. The second-order valence-electron chi connectivity index (χ2n) is 7.44. The summed E-state index contributed by atoms with van der Waals surface area (Å²) < 4.78 is 9.23. The number of nitrogens with zero attached hydrogens (tertiary/aromatic N) is 1. The van der Waals surface area contributed by atoms with Gasteiger partial charge in [-0.1, -0.05) is 12.1 Å². The van der Waals surface area contributed by atoms with E-state index in [0.717, 1.165) is 0 Å². The fourth-order valence-corrected chi connectivity index (χ4v) is 3.21. The molecule has 13 heteroatoms. The van der Waals surface area contributed by atoms with Crippen molar-refractivity contribution in [3.05, 3.63) is 57.5 Å². The van der Waals surface area contributed by atoms with Gasteiger partial charge in [-0.2, -0.15) is 4.98 Å². The predicted octanol–water partition coefficient (Wildman–Crippen LogP) is -0.0120. The van der Waals surface area contributed by atoms with Gasteiger partial charge in [0.1, 0.15) is 17.4 Å². The highest BCUT2D eigenvalue weighted by Gasteiger charge is 2.23. The zero-order chi connectivity index (χ0) is 25.5. The first-order valence-corrected chi connectivity index (χ1v) is 10.4. The second kappa shape index (κ2) is 11.0. The molecule has 0 spiro atoms. The number of anilines is 1. The molecule has 0 saturated heterocycles. The number of benzene rings is 1. The molecular formula is C22H24N6O7. The fraction of sp³-hybridized carbons (Fsp3) is 0.273. The Balaban J connectivity index is 1.60. The normalized spacial score (nSPS) is 11.5. The van der Waals surface area contributed by atoms with E-state index in [0.29, 0.717) is 5.56 Å². The molecule has 0 aliphatic carbocycles. The van der Waals surface area contributed by atoms with Gasteiger partial charge in [0.05, 0.1) is 19.6 Å². The largest absolute Gasteiger partial charge is 0.469 e.